The molecule has 0 saturated heterocycles. The van der Waals surface area contributed by atoms with E-state index >= 15 is 0 Å². The number of halogens is 3. The summed E-state index contributed by atoms with van der Waals surface area (Å²) in [7, 11) is 0. The van der Waals surface area contributed by atoms with E-state index in [4.69, 9.17) is 11.6 Å². The molecule has 2 nitrogen and oxygen atoms in total. The molecule has 78 valence electrons. The molecular formula is C10H7ClFIN2. The van der Waals surface area contributed by atoms with Crippen LogP contribution in [0, 0.1) is 9.52 Å². The minimum Gasteiger partial charge on any atom is -0.266 e. The van der Waals surface area contributed by atoms with Crippen molar-refractivity contribution >= 4 is 34.2 Å². The van der Waals surface area contributed by atoms with Gasteiger partial charge in [-0.2, -0.15) is 5.10 Å². The zero-order chi connectivity index (χ0) is 10.8. The maximum atomic E-state index is 13.3. The standard InChI is InChI=1S/C10H7ClFIN2/c11-8-6-15(14-10(8)13)5-7-3-1-2-4-9(7)12/h1-4,6H,5H2. The highest BCUT2D eigenvalue weighted by molar-refractivity contribution is 14.1. The number of hydrogen-bond acceptors (Lipinski definition) is 1. The Labute approximate surface area is 105 Å². The second kappa shape index (κ2) is 4.49. The second-order valence-electron chi connectivity index (χ2n) is 3.06. The first-order valence-electron chi connectivity index (χ1n) is 4.28. The fourth-order valence-corrected chi connectivity index (χ4v) is 1.82. The van der Waals surface area contributed by atoms with E-state index in [1.165, 1.54) is 6.07 Å². The lowest BCUT2D eigenvalue weighted by molar-refractivity contribution is 0.584. The first-order chi connectivity index (χ1) is 7.16. The van der Waals surface area contributed by atoms with Crippen molar-refractivity contribution in [3.8, 4) is 0 Å². The summed E-state index contributed by atoms with van der Waals surface area (Å²) in [5.74, 6) is -0.223. The molecule has 0 saturated carbocycles. The summed E-state index contributed by atoms with van der Waals surface area (Å²) in [6, 6.07) is 6.64. The predicted octanol–water partition coefficient (Wildman–Crippen LogP) is 3.33. The van der Waals surface area contributed by atoms with Crippen LogP contribution in [0.25, 0.3) is 0 Å². The van der Waals surface area contributed by atoms with Crippen LogP contribution in [-0.2, 0) is 6.54 Å². The summed E-state index contributed by atoms with van der Waals surface area (Å²) < 4.78 is 15.7. The highest BCUT2D eigenvalue weighted by Gasteiger charge is 2.06. The molecule has 0 radical (unpaired) electrons. The molecule has 0 bridgehead atoms. The van der Waals surface area contributed by atoms with Crippen molar-refractivity contribution in [2.45, 2.75) is 6.54 Å². The minimum absolute atomic E-state index is 0.223. The van der Waals surface area contributed by atoms with E-state index in [9.17, 15) is 4.39 Å². The van der Waals surface area contributed by atoms with Crippen LogP contribution in [0.3, 0.4) is 0 Å². The Morgan fingerprint density at radius 3 is 2.73 bits per heavy atom. The topological polar surface area (TPSA) is 17.8 Å². The molecule has 1 aromatic heterocycles. The van der Waals surface area contributed by atoms with E-state index in [1.54, 1.807) is 29.1 Å². The van der Waals surface area contributed by atoms with Crippen LogP contribution in [0.2, 0.25) is 5.02 Å². The Morgan fingerprint density at radius 1 is 1.40 bits per heavy atom. The minimum atomic E-state index is -0.223. The molecule has 0 N–H and O–H groups in total. The van der Waals surface area contributed by atoms with Crippen molar-refractivity contribution < 1.29 is 4.39 Å². The molecule has 2 rings (SSSR count). The normalized spacial score (nSPS) is 10.6. The third kappa shape index (κ3) is 2.49. The summed E-state index contributed by atoms with van der Waals surface area (Å²) in [5.41, 5.74) is 0.605. The van der Waals surface area contributed by atoms with E-state index in [-0.39, 0.29) is 5.82 Å². The van der Waals surface area contributed by atoms with Gasteiger partial charge in [0.2, 0.25) is 0 Å². The smallest absolute Gasteiger partial charge is 0.141 e. The summed E-state index contributed by atoms with van der Waals surface area (Å²) in [6.45, 7) is 0.398. The quantitative estimate of drug-likeness (QED) is 0.769. The molecule has 0 atom stereocenters. The Bertz CT molecular complexity index is 465. The van der Waals surface area contributed by atoms with E-state index in [1.807, 2.05) is 22.6 Å². The van der Waals surface area contributed by atoms with Crippen molar-refractivity contribution in [2.75, 3.05) is 0 Å². The average Bonchev–Trinajstić information content (AvgIpc) is 2.50. The van der Waals surface area contributed by atoms with Gasteiger partial charge in [0.05, 0.1) is 11.6 Å². The van der Waals surface area contributed by atoms with Gasteiger partial charge in [-0.15, -0.1) is 0 Å². The van der Waals surface area contributed by atoms with Crippen LogP contribution < -0.4 is 0 Å². The number of rotatable bonds is 2. The van der Waals surface area contributed by atoms with Crippen LogP contribution in [0.15, 0.2) is 30.5 Å². The largest absolute Gasteiger partial charge is 0.266 e. The number of nitrogens with zero attached hydrogens (tertiary/aromatic N) is 2. The van der Waals surface area contributed by atoms with Crippen molar-refractivity contribution in [3.63, 3.8) is 0 Å². The molecule has 15 heavy (non-hydrogen) atoms. The monoisotopic (exact) mass is 336 g/mol. The van der Waals surface area contributed by atoms with Crippen molar-refractivity contribution in [1.29, 1.82) is 0 Å². The van der Waals surface area contributed by atoms with Gasteiger partial charge in [-0.05, 0) is 28.7 Å². The van der Waals surface area contributed by atoms with Gasteiger partial charge in [0.25, 0.3) is 0 Å². The van der Waals surface area contributed by atoms with E-state index in [2.05, 4.69) is 5.10 Å². The van der Waals surface area contributed by atoms with Crippen molar-refractivity contribution in [3.05, 3.63) is 50.6 Å². The zero-order valence-electron chi connectivity index (χ0n) is 7.62. The lowest BCUT2D eigenvalue weighted by atomic mass is 10.2. The fraction of sp³-hybridized carbons (Fsp3) is 0.100. The number of benzene rings is 1. The van der Waals surface area contributed by atoms with Crippen LogP contribution in [0.5, 0.6) is 0 Å². The van der Waals surface area contributed by atoms with Crippen molar-refractivity contribution in [2.24, 2.45) is 0 Å². The second-order valence-corrected chi connectivity index (χ2v) is 4.49. The Morgan fingerprint density at radius 2 is 2.13 bits per heavy atom. The Kier molecular flexibility index (Phi) is 3.25. The maximum absolute atomic E-state index is 13.3. The van der Waals surface area contributed by atoms with E-state index < -0.39 is 0 Å². The van der Waals surface area contributed by atoms with Crippen LogP contribution in [0.4, 0.5) is 4.39 Å². The molecule has 0 aliphatic rings. The van der Waals surface area contributed by atoms with Gasteiger partial charge in [0.1, 0.15) is 9.52 Å². The van der Waals surface area contributed by atoms with Gasteiger partial charge in [-0.1, -0.05) is 29.8 Å². The lowest BCUT2D eigenvalue weighted by Gasteiger charge is -2.02. The van der Waals surface area contributed by atoms with Gasteiger partial charge in [0, 0.05) is 11.8 Å². The molecule has 0 spiro atoms. The molecule has 0 aliphatic carbocycles. The fourth-order valence-electron chi connectivity index (χ4n) is 1.26. The molecule has 0 fully saturated rings. The first kappa shape index (κ1) is 10.9. The Balaban J connectivity index is 2.26. The molecule has 0 unspecified atom stereocenters. The molecule has 2 aromatic rings. The van der Waals surface area contributed by atoms with Gasteiger partial charge in [0.15, 0.2) is 0 Å². The number of hydrogen-bond donors (Lipinski definition) is 0. The molecular weight excluding hydrogens is 329 g/mol. The third-order valence-corrected chi connectivity index (χ3v) is 3.36. The first-order valence-corrected chi connectivity index (χ1v) is 5.74. The average molecular weight is 337 g/mol. The van der Waals surface area contributed by atoms with Crippen molar-refractivity contribution in [1.82, 2.24) is 9.78 Å². The highest BCUT2D eigenvalue weighted by atomic mass is 127. The van der Waals surface area contributed by atoms with Crippen LogP contribution in [0.1, 0.15) is 5.56 Å². The SMILES string of the molecule is Fc1ccccc1Cn1cc(Cl)c(I)n1. The molecule has 1 heterocycles. The van der Waals surface area contributed by atoms with Crippen LogP contribution >= 0.6 is 34.2 Å². The summed E-state index contributed by atoms with van der Waals surface area (Å²) in [5, 5.41) is 4.74. The van der Waals surface area contributed by atoms with Gasteiger partial charge in [-0.3, -0.25) is 4.68 Å². The molecule has 5 heteroatoms. The maximum Gasteiger partial charge on any atom is 0.141 e. The highest BCUT2D eigenvalue weighted by Crippen LogP contribution is 2.17. The Hall–Kier alpha value is -0.620. The zero-order valence-corrected chi connectivity index (χ0v) is 10.5. The van der Waals surface area contributed by atoms with Crippen LogP contribution in [-0.4, -0.2) is 9.78 Å². The summed E-state index contributed by atoms with van der Waals surface area (Å²) in [6.07, 6.45) is 1.69. The molecule has 1 aromatic carbocycles. The van der Waals surface area contributed by atoms with Gasteiger partial charge >= 0.3 is 0 Å². The van der Waals surface area contributed by atoms with E-state index in [0.29, 0.717) is 17.1 Å². The lowest BCUT2D eigenvalue weighted by Crippen LogP contribution is -2.02. The van der Waals surface area contributed by atoms with E-state index in [0.717, 1.165) is 3.70 Å². The summed E-state index contributed by atoms with van der Waals surface area (Å²) >= 11 is 7.89. The molecule has 0 aliphatic heterocycles. The predicted molar refractivity (Wildman–Crippen MR) is 65.5 cm³/mol. The van der Waals surface area contributed by atoms with Gasteiger partial charge in [-0.25, -0.2) is 4.39 Å². The van der Waals surface area contributed by atoms with Gasteiger partial charge < -0.3 is 0 Å². The summed E-state index contributed by atoms with van der Waals surface area (Å²) in [4.78, 5) is 0. The number of aromatic nitrogens is 2. The third-order valence-electron chi connectivity index (χ3n) is 1.97. The molecule has 0 amide bonds.